The second-order valence-corrected chi connectivity index (χ2v) is 7.27. The van der Waals surface area contributed by atoms with Crippen LogP contribution in [-0.4, -0.2) is 27.4 Å². The summed E-state index contributed by atoms with van der Waals surface area (Å²) in [6.07, 6.45) is 2.97. The number of benzene rings is 2. The van der Waals surface area contributed by atoms with E-state index in [4.69, 9.17) is 4.74 Å². The van der Waals surface area contributed by atoms with E-state index in [0.717, 1.165) is 31.2 Å². The molecule has 0 aliphatic heterocycles. The van der Waals surface area contributed by atoms with Crippen molar-refractivity contribution in [2.45, 2.75) is 44.8 Å². The number of nitrogens with one attached hydrogen (secondary N) is 1. The summed E-state index contributed by atoms with van der Waals surface area (Å²) in [4.78, 5) is 39.3. The highest BCUT2D eigenvalue weighted by atomic mass is 16.5. The van der Waals surface area contributed by atoms with Crippen LogP contribution in [-0.2, 0) is 9.53 Å². The van der Waals surface area contributed by atoms with Crippen molar-refractivity contribution in [1.82, 2.24) is 9.55 Å². The number of H-pyrrole nitrogens is 1. The summed E-state index contributed by atoms with van der Waals surface area (Å²) in [6.45, 7) is 1.42. The Bertz CT molecular complexity index is 1070. The van der Waals surface area contributed by atoms with Gasteiger partial charge in [0.1, 0.15) is 6.10 Å². The van der Waals surface area contributed by atoms with E-state index in [1.807, 2.05) is 24.3 Å². The SMILES string of the molecule is CC(=O)O[C@H]1CC[C@H](n2c(=O)[nH]c3cc(C(=O)c4ccccc4)ccc32)CC1. The third kappa shape index (κ3) is 3.50. The molecule has 1 heterocycles. The van der Waals surface area contributed by atoms with Crippen molar-refractivity contribution in [2.75, 3.05) is 0 Å². The van der Waals surface area contributed by atoms with E-state index >= 15 is 0 Å². The minimum atomic E-state index is -0.261. The number of ketones is 1. The van der Waals surface area contributed by atoms with Gasteiger partial charge in [-0.2, -0.15) is 0 Å². The molecule has 1 saturated carbocycles. The second-order valence-electron chi connectivity index (χ2n) is 7.27. The molecule has 1 N–H and O–H groups in total. The van der Waals surface area contributed by atoms with Crippen LogP contribution in [0.25, 0.3) is 11.0 Å². The lowest BCUT2D eigenvalue weighted by Gasteiger charge is -2.28. The molecule has 0 bridgehead atoms. The summed E-state index contributed by atoms with van der Waals surface area (Å²) in [5, 5.41) is 0. The zero-order valence-electron chi connectivity index (χ0n) is 15.7. The predicted octanol–water partition coefficient (Wildman–Crippen LogP) is 3.61. The Morgan fingerprint density at radius 1 is 1.00 bits per heavy atom. The molecule has 1 aliphatic rings. The van der Waals surface area contributed by atoms with Gasteiger partial charge in [-0.05, 0) is 43.9 Å². The quantitative estimate of drug-likeness (QED) is 0.555. The van der Waals surface area contributed by atoms with Crippen LogP contribution in [0.4, 0.5) is 0 Å². The van der Waals surface area contributed by atoms with E-state index < -0.39 is 0 Å². The number of aromatic nitrogens is 2. The van der Waals surface area contributed by atoms with Gasteiger partial charge in [0.25, 0.3) is 0 Å². The molecule has 6 heteroatoms. The minimum absolute atomic E-state index is 0.0590. The number of nitrogens with zero attached hydrogens (tertiary/aromatic N) is 1. The maximum absolute atomic E-state index is 12.7. The molecule has 2 aromatic carbocycles. The highest BCUT2D eigenvalue weighted by Gasteiger charge is 2.26. The molecule has 3 aromatic rings. The van der Waals surface area contributed by atoms with Crippen LogP contribution in [0.15, 0.2) is 53.3 Å². The van der Waals surface area contributed by atoms with E-state index in [2.05, 4.69) is 4.98 Å². The van der Waals surface area contributed by atoms with Gasteiger partial charge in [-0.25, -0.2) is 4.79 Å². The third-order valence-electron chi connectivity index (χ3n) is 5.36. The van der Waals surface area contributed by atoms with Crippen molar-refractivity contribution >= 4 is 22.8 Å². The van der Waals surface area contributed by atoms with Crippen LogP contribution >= 0.6 is 0 Å². The molecule has 144 valence electrons. The summed E-state index contributed by atoms with van der Waals surface area (Å²) in [6, 6.07) is 14.5. The van der Waals surface area contributed by atoms with E-state index in [9.17, 15) is 14.4 Å². The molecule has 1 aromatic heterocycles. The van der Waals surface area contributed by atoms with E-state index in [1.165, 1.54) is 6.92 Å². The van der Waals surface area contributed by atoms with E-state index in [-0.39, 0.29) is 29.6 Å². The first-order valence-electron chi connectivity index (χ1n) is 9.54. The van der Waals surface area contributed by atoms with Crippen molar-refractivity contribution in [3.05, 3.63) is 70.1 Å². The lowest BCUT2D eigenvalue weighted by molar-refractivity contribution is -0.148. The molecule has 1 aliphatic carbocycles. The van der Waals surface area contributed by atoms with Gasteiger partial charge in [0.05, 0.1) is 11.0 Å². The van der Waals surface area contributed by atoms with Gasteiger partial charge in [-0.1, -0.05) is 30.3 Å². The van der Waals surface area contributed by atoms with Gasteiger partial charge in [0.2, 0.25) is 0 Å². The molecular formula is C22H22N2O4. The van der Waals surface area contributed by atoms with Crippen molar-refractivity contribution in [3.63, 3.8) is 0 Å². The fourth-order valence-corrected chi connectivity index (χ4v) is 4.05. The van der Waals surface area contributed by atoms with Gasteiger partial charge in [0.15, 0.2) is 5.78 Å². The minimum Gasteiger partial charge on any atom is -0.463 e. The summed E-state index contributed by atoms with van der Waals surface area (Å²) in [5.41, 5.74) is 2.45. The number of rotatable bonds is 4. The molecular weight excluding hydrogens is 356 g/mol. The van der Waals surface area contributed by atoms with E-state index in [0.29, 0.717) is 16.6 Å². The second kappa shape index (κ2) is 7.46. The van der Waals surface area contributed by atoms with Crippen molar-refractivity contribution in [1.29, 1.82) is 0 Å². The zero-order valence-corrected chi connectivity index (χ0v) is 15.7. The molecule has 0 amide bonds. The van der Waals surface area contributed by atoms with Gasteiger partial charge < -0.3 is 9.72 Å². The van der Waals surface area contributed by atoms with Gasteiger partial charge in [0, 0.05) is 24.1 Å². The average molecular weight is 378 g/mol. The fraction of sp³-hybridized carbons (Fsp3) is 0.318. The van der Waals surface area contributed by atoms with Crippen molar-refractivity contribution < 1.29 is 14.3 Å². The van der Waals surface area contributed by atoms with Crippen LogP contribution < -0.4 is 5.69 Å². The summed E-state index contributed by atoms with van der Waals surface area (Å²) >= 11 is 0. The number of hydrogen-bond donors (Lipinski definition) is 1. The number of aromatic amines is 1. The van der Waals surface area contributed by atoms with Crippen LogP contribution in [0.5, 0.6) is 0 Å². The number of carbonyl (C=O) groups is 2. The monoisotopic (exact) mass is 378 g/mol. The Labute approximate surface area is 162 Å². The molecule has 0 atom stereocenters. The molecule has 0 radical (unpaired) electrons. The smallest absolute Gasteiger partial charge is 0.326 e. The molecule has 0 saturated heterocycles. The van der Waals surface area contributed by atoms with Crippen molar-refractivity contribution in [3.8, 4) is 0 Å². The fourth-order valence-electron chi connectivity index (χ4n) is 4.05. The topological polar surface area (TPSA) is 81.2 Å². The molecule has 0 unspecified atom stereocenters. The Hall–Kier alpha value is -3.15. The van der Waals surface area contributed by atoms with Crippen LogP contribution in [0, 0.1) is 0 Å². The first-order chi connectivity index (χ1) is 13.5. The van der Waals surface area contributed by atoms with Gasteiger partial charge in [-0.3, -0.25) is 14.2 Å². The maximum Gasteiger partial charge on any atom is 0.326 e. The number of hydrogen-bond acceptors (Lipinski definition) is 4. The zero-order chi connectivity index (χ0) is 19.7. The number of fused-ring (bicyclic) bond motifs is 1. The van der Waals surface area contributed by atoms with Gasteiger partial charge in [-0.15, -0.1) is 0 Å². The van der Waals surface area contributed by atoms with Gasteiger partial charge >= 0.3 is 11.7 Å². The number of esters is 1. The highest BCUT2D eigenvalue weighted by molar-refractivity contribution is 6.10. The Morgan fingerprint density at radius 2 is 1.71 bits per heavy atom. The predicted molar refractivity (Wildman–Crippen MR) is 105 cm³/mol. The van der Waals surface area contributed by atoms with Crippen LogP contribution in [0.1, 0.15) is 54.6 Å². The number of carbonyl (C=O) groups excluding carboxylic acids is 2. The molecule has 28 heavy (non-hydrogen) atoms. The highest BCUT2D eigenvalue weighted by Crippen LogP contribution is 2.31. The van der Waals surface area contributed by atoms with Crippen LogP contribution in [0.3, 0.4) is 0 Å². The molecule has 1 fully saturated rings. The van der Waals surface area contributed by atoms with Crippen LogP contribution in [0.2, 0.25) is 0 Å². The van der Waals surface area contributed by atoms with Crippen molar-refractivity contribution in [2.24, 2.45) is 0 Å². The Morgan fingerprint density at radius 3 is 2.39 bits per heavy atom. The van der Waals surface area contributed by atoms with E-state index in [1.54, 1.807) is 28.8 Å². The Kier molecular flexibility index (Phi) is 4.86. The summed E-state index contributed by atoms with van der Waals surface area (Å²) in [5.74, 6) is -0.332. The molecule has 6 nitrogen and oxygen atoms in total. The lowest BCUT2D eigenvalue weighted by Crippen LogP contribution is -2.29. The normalized spacial score (nSPS) is 19.5. The first kappa shape index (κ1) is 18.2. The standard InChI is InChI=1S/C22H22N2O4/c1-14(25)28-18-10-8-17(9-11-18)24-20-12-7-16(13-19(20)23-22(24)27)21(26)15-5-3-2-4-6-15/h2-7,12-13,17-18H,8-11H2,1H3,(H,23,27)/t17-,18-. The molecule has 4 rings (SSSR count). The lowest BCUT2D eigenvalue weighted by atomic mass is 9.92. The largest absolute Gasteiger partial charge is 0.463 e. The average Bonchev–Trinajstić information content (AvgIpc) is 3.03. The molecule has 0 spiro atoms. The summed E-state index contributed by atoms with van der Waals surface area (Å²) in [7, 11) is 0. The summed E-state index contributed by atoms with van der Waals surface area (Å²) < 4.78 is 7.06. The number of ether oxygens (including phenoxy) is 1. The number of imidazole rings is 1. The third-order valence-corrected chi connectivity index (χ3v) is 5.36. The first-order valence-corrected chi connectivity index (χ1v) is 9.54. The maximum atomic E-state index is 12.7. The Balaban J connectivity index is 1.60.